The second-order valence-electron chi connectivity index (χ2n) is 5.37. The van der Waals surface area contributed by atoms with Gasteiger partial charge < -0.3 is 16.0 Å². The molecule has 0 aromatic heterocycles. The first-order valence-corrected chi connectivity index (χ1v) is 6.76. The van der Waals surface area contributed by atoms with Crippen molar-refractivity contribution in [2.75, 3.05) is 19.6 Å². The molecule has 0 aromatic carbocycles. The lowest BCUT2D eigenvalue weighted by atomic mass is 9.89. The quantitative estimate of drug-likeness (QED) is 0.679. The Bertz CT molecular complexity index is 304. The Balaban J connectivity index is 0.00000324. The highest BCUT2D eigenvalue weighted by atomic mass is 35.5. The number of nitrogens with one attached hydrogen (secondary N) is 3. The summed E-state index contributed by atoms with van der Waals surface area (Å²) < 4.78 is 0. The summed E-state index contributed by atoms with van der Waals surface area (Å²) >= 11 is 0. The molecule has 2 unspecified atom stereocenters. The smallest absolute Gasteiger partial charge is 0.227 e. The summed E-state index contributed by atoms with van der Waals surface area (Å²) in [5.41, 5.74) is -0.312. The van der Waals surface area contributed by atoms with Gasteiger partial charge in [-0.1, -0.05) is 6.92 Å². The fourth-order valence-electron chi connectivity index (χ4n) is 1.96. The van der Waals surface area contributed by atoms with Gasteiger partial charge in [0, 0.05) is 25.6 Å². The van der Waals surface area contributed by atoms with Gasteiger partial charge in [-0.15, -0.1) is 12.4 Å². The number of halogens is 1. The minimum atomic E-state index is -0.312. The van der Waals surface area contributed by atoms with E-state index < -0.39 is 0 Å². The molecular weight excluding hydrogens is 266 g/mol. The molecule has 1 rings (SSSR count). The maximum absolute atomic E-state index is 11.9. The highest BCUT2D eigenvalue weighted by Gasteiger charge is 2.35. The molecule has 0 aromatic rings. The molecule has 5 nitrogen and oxygen atoms in total. The second kappa shape index (κ2) is 8.38. The molecule has 3 N–H and O–H groups in total. The first-order valence-electron chi connectivity index (χ1n) is 6.76. The minimum Gasteiger partial charge on any atom is -0.355 e. The Kier molecular flexibility index (Phi) is 8.02. The number of hydrogen-bond acceptors (Lipinski definition) is 3. The van der Waals surface area contributed by atoms with Crippen LogP contribution in [0.15, 0.2) is 0 Å². The van der Waals surface area contributed by atoms with Crippen molar-refractivity contribution < 1.29 is 9.59 Å². The molecule has 6 heteroatoms. The van der Waals surface area contributed by atoms with E-state index in [-0.39, 0.29) is 35.7 Å². The number of hydrogen-bond donors (Lipinski definition) is 3. The molecule has 0 radical (unpaired) electrons. The van der Waals surface area contributed by atoms with Crippen molar-refractivity contribution in [3.05, 3.63) is 0 Å². The van der Waals surface area contributed by atoms with Gasteiger partial charge in [0.25, 0.3) is 0 Å². The molecule has 1 aliphatic heterocycles. The molecule has 1 heterocycles. The van der Waals surface area contributed by atoms with Gasteiger partial charge in [0.15, 0.2) is 0 Å². The highest BCUT2D eigenvalue weighted by molar-refractivity contribution is 5.85. The fraction of sp³-hybridized carbons (Fsp3) is 0.846. The van der Waals surface area contributed by atoms with E-state index in [9.17, 15) is 9.59 Å². The summed E-state index contributed by atoms with van der Waals surface area (Å²) in [6, 6.07) is 0.199. The van der Waals surface area contributed by atoms with E-state index in [0.29, 0.717) is 13.0 Å². The van der Waals surface area contributed by atoms with Gasteiger partial charge in [0.05, 0.1) is 5.41 Å². The van der Waals surface area contributed by atoms with Crippen LogP contribution in [-0.2, 0) is 9.59 Å². The van der Waals surface area contributed by atoms with E-state index in [0.717, 1.165) is 25.9 Å². The number of rotatable bonds is 6. The van der Waals surface area contributed by atoms with Gasteiger partial charge in [-0.25, -0.2) is 0 Å². The lowest BCUT2D eigenvalue weighted by Crippen LogP contribution is -2.42. The van der Waals surface area contributed by atoms with Crippen molar-refractivity contribution in [2.45, 2.75) is 46.1 Å². The van der Waals surface area contributed by atoms with Crippen LogP contribution in [0, 0.1) is 5.41 Å². The predicted molar refractivity (Wildman–Crippen MR) is 78.4 cm³/mol. The number of carbonyl (C=O) groups is 2. The lowest BCUT2D eigenvalue weighted by Gasteiger charge is -2.21. The topological polar surface area (TPSA) is 70.2 Å². The Morgan fingerprint density at radius 3 is 2.63 bits per heavy atom. The van der Waals surface area contributed by atoms with E-state index in [1.54, 1.807) is 0 Å². The highest BCUT2D eigenvalue weighted by Crippen LogP contribution is 2.24. The molecule has 0 bridgehead atoms. The predicted octanol–water partition coefficient (Wildman–Crippen LogP) is 0.829. The van der Waals surface area contributed by atoms with Gasteiger partial charge >= 0.3 is 0 Å². The lowest BCUT2D eigenvalue weighted by molar-refractivity contribution is -0.129. The van der Waals surface area contributed by atoms with Crippen LogP contribution in [0.4, 0.5) is 0 Å². The van der Waals surface area contributed by atoms with Gasteiger partial charge in [-0.3, -0.25) is 9.59 Å². The first kappa shape index (κ1) is 18.2. The molecule has 112 valence electrons. The average molecular weight is 292 g/mol. The molecule has 0 spiro atoms. The van der Waals surface area contributed by atoms with Gasteiger partial charge in [-0.05, 0) is 33.2 Å². The number of carbonyl (C=O) groups excluding carboxylic acids is 2. The number of amides is 2. The molecule has 2 atom stereocenters. The van der Waals surface area contributed by atoms with E-state index in [1.807, 2.05) is 20.8 Å². The Labute approximate surface area is 121 Å². The van der Waals surface area contributed by atoms with E-state index in [4.69, 9.17) is 0 Å². The third kappa shape index (κ3) is 5.78. The maximum atomic E-state index is 11.9. The van der Waals surface area contributed by atoms with E-state index in [2.05, 4.69) is 16.0 Å². The molecule has 1 aliphatic rings. The summed E-state index contributed by atoms with van der Waals surface area (Å²) in [6.07, 6.45) is 2.12. The maximum Gasteiger partial charge on any atom is 0.227 e. The molecule has 0 saturated carbocycles. The summed E-state index contributed by atoms with van der Waals surface area (Å²) in [6.45, 7) is 7.98. The SMILES string of the molecule is CCC(C)NC(=O)CCNC(=O)C1(C)CCNC1.Cl. The van der Waals surface area contributed by atoms with Crippen LogP contribution in [0.1, 0.15) is 40.0 Å². The van der Waals surface area contributed by atoms with Crippen LogP contribution in [0.2, 0.25) is 0 Å². The summed E-state index contributed by atoms with van der Waals surface area (Å²) in [7, 11) is 0. The zero-order valence-corrected chi connectivity index (χ0v) is 12.9. The summed E-state index contributed by atoms with van der Waals surface area (Å²) in [4.78, 5) is 23.5. The molecule has 1 saturated heterocycles. The molecule has 19 heavy (non-hydrogen) atoms. The van der Waals surface area contributed by atoms with Crippen LogP contribution in [0.25, 0.3) is 0 Å². The van der Waals surface area contributed by atoms with E-state index >= 15 is 0 Å². The monoisotopic (exact) mass is 291 g/mol. The fourth-order valence-corrected chi connectivity index (χ4v) is 1.96. The third-order valence-electron chi connectivity index (χ3n) is 3.57. The third-order valence-corrected chi connectivity index (χ3v) is 3.57. The van der Waals surface area contributed by atoms with Crippen LogP contribution in [0.5, 0.6) is 0 Å². The van der Waals surface area contributed by atoms with Crippen molar-refractivity contribution in [1.82, 2.24) is 16.0 Å². The zero-order chi connectivity index (χ0) is 13.6. The normalized spacial score (nSPS) is 23.3. The molecule has 2 amide bonds. The van der Waals surface area contributed by atoms with Gasteiger partial charge in [-0.2, -0.15) is 0 Å². The first-order chi connectivity index (χ1) is 8.48. The van der Waals surface area contributed by atoms with E-state index in [1.165, 1.54) is 0 Å². The molecule has 0 aliphatic carbocycles. The van der Waals surface area contributed by atoms with Crippen molar-refractivity contribution in [1.29, 1.82) is 0 Å². The standard InChI is InChI=1S/C13H25N3O2.ClH/c1-4-10(2)16-11(17)5-7-15-12(18)13(3)6-8-14-9-13;/h10,14H,4-9H2,1-3H3,(H,15,18)(H,16,17);1H. The summed E-state index contributed by atoms with van der Waals surface area (Å²) in [5, 5.41) is 8.91. The van der Waals surface area contributed by atoms with Crippen LogP contribution in [0.3, 0.4) is 0 Å². The van der Waals surface area contributed by atoms with Crippen LogP contribution in [-0.4, -0.2) is 37.5 Å². The van der Waals surface area contributed by atoms with Crippen molar-refractivity contribution in [3.63, 3.8) is 0 Å². The van der Waals surface area contributed by atoms with Gasteiger partial charge in [0.2, 0.25) is 11.8 Å². The van der Waals surface area contributed by atoms with Crippen molar-refractivity contribution in [3.8, 4) is 0 Å². The Morgan fingerprint density at radius 2 is 2.11 bits per heavy atom. The van der Waals surface area contributed by atoms with Crippen LogP contribution >= 0.6 is 12.4 Å². The van der Waals surface area contributed by atoms with Crippen molar-refractivity contribution in [2.24, 2.45) is 5.41 Å². The average Bonchev–Trinajstić information content (AvgIpc) is 2.77. The zero-order valence-electron chi connectivity index (χ0n) is 12.0. The summed E-state index contributed by atoms with van der Waals surface area (Å²) in [5.74, 6) is 0.0446. The Morgan fingerprint density at radius 1 is 1.42 bits per heavy atom. The second-order valence-corrected chi connectivity index (χ2v) is 5.37. The Hall–Kier alpha value is -0.810. The van der Waals surface area contributed by atoms with Crippen LogP contribution < -0.4 is 16.0 Å². The molecule has 1 fully saturated rings. The molecular formula is C13H26ClN3O2. The van der Waals surface area contributed by atoms with Gasteiger partial charge in [0.1, 0.15) is 0 Å². The van der Waals surface area contributed by atoms with Crippen molar-refractivity contribution >= 4 is 24.2 Å². The largest absolute Gasteiger partial charge is 0.355 e. The minimum absolute atomic E-state index is 0.